The van der Waals surface area contributed by atoms with Crippen molar-refractivity contribution in [2.75, 3.05) is 31.6 Å². The Balaban J connectivity index is 2.04. The summed E-state index contributed by atoms with van der Waals surface area (Å²) in [6.07, 6.45) is 0. The number of sulfonamides is 1. The standard InChI is InChI=1S/C30H37N3O6S/c1-22(2)19-31-30(35)23(3)32(20-24-12-8-6-9-13-24)29(34)21-33(40(36,37)26-14-10-7-11-15-26)25-16-17-27(38-4)28(18-25)39-5/h6-18,22-23H,19-21H2,1-5H3,(H,31,35)/t23-/m1/s1. The molecule has 3 aromatic rings. The minimum Gasteiger partial charge on any atom is -0.493 e. The highest BCUT2D eigenvalue weighted by Gasteiger charge is 2.33. The number of methoxy groups -OCH3 is 2. The Labute approximate surface area is 236 Å². The Morgan fingerprint density at radius 3 is 2.02 bits per heavy atom. The van der Waals surface area contributed by atoms with Gasteiger partial charge in [0.25, 0.3) is 10.0 Å². The molecule has 9 nitrogen and oxygen atoms in total. The topological polar surface area (TPSA) is 105 Å². The summed E-state index contributed by atoms with van der Waals surface area (Å²) in [5.74, 6) is 0.0944. The van der Waals surface area contributed by atoms with Crippen molar-refractivity contribution < 1.29 is 27.5 Å². The molecule has 1 atom stereocenters. The van der Waals surface area contributed by atoms with Crippen LogP contribution in [0.25, 0.3) is 0 Å². The van der Waals surface area contributed by atoms with Gasteiger partial charge in [0.15, 0.2) is 11.5 Å². The summed E-state index contributed by atoms with van der Waals surface area (Å²) < 4.78 is 39.5. The van der Waals surface area contributed by atoms with E-state index in [-0.39, 0.29) is 29.0 Å². The molecule has 0 heterocycles. The zero-order valence-electron chi connectivity index (χ0n) is 23.5. The molecule has 214 valence electrons. The van der Waals surface area contributed by atoms with Crippen molar-refractivity contribution in [1.82, 2.24) is 10.2 Å². The molecule has 0 aliphatic heterocycles. The smallest absolute Gasteiger partial charge is 0.264 e. The second-order valence-electron chi connectivity index (χ2n) is 9.69. The first-order chi connectivity index (χ1) is 19.1. The van der Waals surface area contributed by atoms with E-state index in [9.17, 15) is 18.0 Å². The lowest BCUT2D eigenvalue weighted by Gasteiger charge is -2.32. The van der Waals surface area contributed by atoms with Gasteiger partial charge in [0.1, 0.15) is 12.6 Å². The number of ether oxygens (including phenoxy) is 2. The Morgan fingerprint density at radius 1 is 0.850 bits per heavy atom. The Hall–Kier alpha value is -4.05. The van der Waals surface area contributed by atoms with Crippen molar-refractivity contribution in [3.8, 4) is 11.5 Å². The second-order valence-corrected chi connectivity index (χ2v) is 11.5. The zero-order valence-corrected chi connectivity index (χ0v) is 24.4. The first kappa shape index (κ1) is 30.5. The number of carbonyl (C=O) groups excluding carboxylic acids is 2. The number of anilines is 1. The lowest BCUT2D eigenvalue weighted by atomic mass is 10.1. The molecule has 0 radical (unpaired) electrons. The summed E-state index contributed by atoms with van der Waals surface area (Å²) in [6, 6.07) is 20.9. The summed E-state index contributed by atoms with van der Waals surface area (Å²) in [4.78, 5) is 28.4. The van der Waals surface area contributed by atoms with E-state index in [1.165, 1.54) is 37.3 Å². The number of hydrogen-bond acceptors (Lipinski definition) is 6. The maximum atomic E-state index is 14.0. The number of hydrogen-bond donors (Lipinski definition) is 1. The van der Waals surface area contributed by atoms with Crippen LogP contribution in [0.5, 0.6) is 11.5 Å². The molecule has 3 rings (SSSR count). The normalized spacial score (nSPS) is 11.9. The number of nitrogens with one attached hydrogen (secondary N) is 1. The van der Waals surface area contributed by atoms with Crippen LogP contribution in [-0.4, -0.2) is 58.5 Å². The van der Waals surface area contributed by atoms with Crippen molar-refractivity contribution in [1.29, 1.82) is 0 Å². The molecule has 1 N–H and O–H groups in total. The summed E-state index contributed by atoms with van der Waals surface area (Å²) in [6.45, 7) is 5.64. The Morgan fingerprint density at radius 2 is 1.45 bits per heavy atom. The predicted octanol–water partition coefficient (Wildman–Crippen LogP) is 4.09. The Kier molecular flexibility index (Phi) is 10.6. The first-order valence-corrected chi connectivity index (χ1v) is 14.4. The van der Waals surface area contributed by atoms with Gasteiger partial charge >= 0.3 is 0 Å². The molecule has 0 aromatic heterocycles. The van der Waals surface area contributed by atoms with Gasteiger partial charge in [-0.05, 0) is 42.7 Å². The average Bonchev–Trinajstić information content (AvgIpc) is 2.97. The van der Waals surface area contributed by atoms with Crippen LogP contribution >= 0.6 is 0 Å². The Bertz CT molecular complexity index is 1380. The average molecular weight is 568 g/mol. The molecule has 3 aromatic carbocycles. The molecule has 0 bridgehead atoms. The summed E-state index contributed by atoms with van der Waals surface area (Å²) in [7, 11) is -1.25. The molecule has 0 unspecified atom stereocenters. The van der Waals surface area contributed by atoms with Crippen molar-refractivity contribution >= 4 is 27.5 Å². The van der Waals surface area contributed by atoms with E-state index >= 15 is 0 Å². The van der Waals surface area contributed by atoms with Crippen LogP contribution in [0.3, 0.4) is 0 Å². The minimum atomic E-state index is -4.18. The van der Waals surface area contributed by atoms with Crippen molar-refractivity contribution in [2.24, 2.45) is 5.92 Å². The third kappa shape index (κ3) is 7.53. The van der Waals surface area contributed by atoms with E-state index in [1.54, 1.807) is 37.3 Å². The number of rotatable bonds is 13. The quantitative estimate of drug-likeness (QED) is 0.334. The lowest BCUT2D eigenvalue weighted by Crippen LogP contribution is -2.51. The van der Waals surface area contributed by atoms with Gasteiger partial charge in [-0.1, -0.05) is 62.4 Å². The van der Waals surface area contributed by atoms with E-state index in [0.29, 0.717) is 18.0 Å². The number of nitrogens with zero attached hydrogens (tertiary/aromatic N) is 2. The third-order valence-corrected chi connectivity index (χ3v) is 8.10. The van der Waals surface area contributed by atoms with E-state index in [4.69, 9.17) is 9.47 Å². The van der Waals surface area contributed by atoms with E-state index in [2.05, 4.69) is 5.32 Å². The van der Waals surface area contributed by atoms with Gasteiger partial charge < -0.3 is 19.7 Å². The molecule has 0 saturated heterocycles. The highest BCUT2D eigenvalue weighted by atomic mass is 32.2. The van der Waals surface area contributed by atoms with Gasteiger partial charge in [0.2, 0.25) is 11.8 Å². The fourth-order valence-electron chi connectivity index (χ4n) is 4.04. The highest BCUT2D eigenvalue weighted by Crippen LogP contribution is 2.34. The van der Waals surface area contributed by atoms with E-state index < -0.39 is 28.5 Å². The van der Waals surface area contributed by atoms with Crippen LogP contribution in [0, 0.1) is 5.92 Å². The van der Waals surface area contributed by atoms with Gasteiger partial charge in [-0.15, -0.1) is 0 Å². The molecular formula is C30H37N3O6S. The number of amides is 2. The summed E-state index contributed by atoms with van der Waals surface area (Å²) >= 11 is 0. The minimum absolute atomic E-state index is 0.0231. The lowest BCUT2D eigenvalue weighted by molar-refractivity contribution is -0.139. The molecule has 40 heavy (non-hydrogen) atoms. The maximum Gasteiger partial charge on any atom is 0.264 e. The van der Waals surface area contributed by atoms with Crippen LogP contribution in [0.1, 0.15) is 26.3 Å². The maximum absolute atomic E-state index is 14.0. The first-order valence-electron chi connectivity index (χ1n) is 13.0. The van der Waals surface area contributed by atoms with E-state index in [1.807, 2.05) is 44.2 Å². The second kappa shape index (κ2) is 13.8. The van der Waals surface area contributed by atoms with E-state index in [0.717, 1.165) is 9.87 Å². The van der Waals surface area contributed by atoms with Crippen LogP contribution in [-0.2, 0) is 26.2 Å². The van der Waals surface area contributed by atoms with Crippen LogP contribution < -0.4 is 19.1 Å². The monoisotopic (exact) mass is 567 g/mol. The fraction of sp³-hybridized carbons (Fsp3) is 0.333. The van der Waals surface area contributed by atoms with Gasteiger partial charge in [-0.25, -0.2) is 8.42 Å². The molecule has 0 spiro atoms. The molecule has 0 saturated carbocycles. The molecule has 0 fully saturated rings. The predicted molar refractivity (Wildman–Crippen MR) is 155 cm³/mol. The van der Waals surface area contributed by atoms with Crippen LogP contribution in [0.15, 0.2) is 83.8 Å². The van der Waals surface area contributed by atoms with Crippen LogP contribution in [0.2, 0.25) is 0 Å². The number of benzene rings is 3. The van der Waals surface area contributed by atoms with Gasteiger partial charge in [-0.2, -0.15) is 0 Å². The molecule has 2 amide bonds. The van der Waals surface area contributed by atoms with Gasteiger partial charge in [0.05, 0.1) is 24.8 Å². The van der Waals surface area contributed by atoms with Crippen molar-refractivity contribution in [2.45, 2.75) is 38.3 Å². The number of carbonyl (C=O) groups is 2. The SMILES string of the molecule is COc1ccc(N(CC(=O)N(Cc2ccccc2)[C@H](C)C(=O)NCC(C)C)S(=O)(=O)c2ccccc2)cc1OC. The fourth-order valence-corrected chi connectivity index (χ4v) is 5.47. The highest BCUT2D eigenvalue weighted by molar-refractivity contribution is 7.92. The summed E-state index contributed by atoms with van der Waals surface area (Å²) in [5.41, 5.74) is 1.02. The van der Waals surface area contributed by atoms with Gasteiger partial charge in [-0.3, -0.25) is 13.9 Å². The van der Waals surface area contributed by atoms with Gasteiger partial charge in [0, 0.05) is 19.2 Å². The zero-order chi connectivity index (χ0) is 29.3. The molecule has 0 aliphatic carbocycles. The van der Waals surface area contributed by atoms with Crippen molar-refractivity contribution in [3.05, 3.63) is 84.4 Å². The van der Waals surface area contributed by atoms with Crippen LogP contribution in [0.4, 0.5) is 5.69 Å². The molecule has 0 aliphatic rings. The summed E-state index contributed by atoms with van der Waals surface area (Å²) in [5, 5.41) is 2.88. The largest absolute Gasteiger partial charge is 0.493 e. The molecule has 10 heteroatoms. The third-order valence-electron chi connectivity index (χ3n) is 6.31. The van der Waals surface area contributed by atoms with Crippen molar-refractivity contribution in [3.63, 3.8) is 0 Å². The molecular weight excluding hydrogens is 530 g/mol.